The number of halogens is 3. The summed E-state index contributed by atoms with van der Waals surface area (Å²) >= 11 is 0.527. The van der Waals surface area contributed by atoms with E-state index in [2.05, 4.69) is 52.8 Å². The molecule has 15 atom stereocenters. The molecule has 4 heterocycles. The van der Waals surface area contributed by atoms with E-state index in [4.69, 9.17) is 11.5 Å². The number of thioether (sulfide) groups is 1. The summed E-state index contributed by atoms with van der Waals surface area (Å²) in [5.41, 5.74) is 12.5. The van der Waals surface area contributed by atoms with Crippen molar-refractivity contribution in [2.24, 2.45) is 17.4 Å². The standard InChI is InChI=1S/C91H112F3N17O23S/c1-7-8-23-67-90(133)111-44-55(114)38-70(111)86(129)104-64(40-76(120)121)83(126)106-78(47(2)3)91(134)108(5)68(34-48-17-11-9-12-18-48)84(127)100-60(28-29-72(95)115)88(131)110-43-54(113)37-69(110)85(128)103-62(36-52-41-97-59-22-16-15-21-56(52)59)81(124)101-61(32-50-24-26-53(112)27-25-50)80(123)102-63(39-75(118)119)82(125)105-66(79(122)98-42-73(96)116)45-135-46-74(117)99-65(33-51-30-57(92)77(94)58(93)31-51)87(130)109(6)71(89(132)107(67)4)35-49-19-13-10-14-20-49/h9-22,24-27,30-31,41,47,54-55,60-71,78,97,112-114H,7-8,23,28-29,32-40,42-46H2,1-6H3,(H2,95,115)(H2,96,116)(H,98,122)(H,99,117)(H,100,127)(H,101,124)(H,102,123)(H,103,128)(H,104,129)(H,105,125)(H,106,126)(H,118,119)(H,120,121)/t54-,55-,60+,61+,62+,63+,64+,65+,66+,67+,68+,69+,70-,71+,78+/m1/s1. The first-order valence-electron chi connectivity index (χ1n) is 43.6. The van der Waals surface area contributed by atoms with Crippen molar-refractivity contribution >= 4 is 129 Å². The van der Waals surface area contributed by atoms with E-state index >= 15 is 51.9 Å². The molecule has 3 aliphatic heterocycles. The number of phenolic OH excluding ortho intramolecular Hbond substituents is 1. The number of nitrogens with two attached hydrogens (primary N) is 2. The van der Waals surface area contributed by atoms with Gasteiger partial charge < -0.3 is 114 Å². The van der Waals surface area contributed by atoms with Gasteiger partial charge in [0, 0.05) is 108 Å². The fraction of sp³-hybridized carbons (Fsp3) is 0.451. The highest BCUT2D eigenvalue weighted by atomic mass is 32.2. The van der Waals surface area contributed by atoms with Crippen LogP contribution in [0.25, 0.3) is 10.9 Å². The van der Waals surface area contributed by atoms with E-state index in [0.29, 0.717) is 57.9 Å². The Balaban J connectivity index is 1.15. The fourth-order valence-electron chi connectivity index (χ4n) is 16.2. The number of aliphatic hydroxyl groups excluding tert-OH is 2. The molecule has 6 aromatic rings. The highest BCUT2D eigenvalue weighted by Gasteiger charge is 2.48. The van der Waals surface area contributed by atoms with Crippen LogP contribution in [0.1, 0.15) is 106 Å². The first kappa shape index (κ1) is 105. The van der Waals surface area contributed by atoms with Crippen molar-refractivity contribution in [1.29, 1.82) is 0 Å². The van der Waals surface area contributed by atoms with Gasteiger partial charge >= 0.3 is 11.9 Å². The third kappa shape index (κ3) is 29.0. The molecule has 0 spiro atoms. The van der Waals surface area contributed by atoms with Gasteiger partial charge in [0.25, 0.3) is 0 Å². The minimum absolute atomic E-state index is 0.169. The number of phenols is 1. The molecule has 3 aliphatic rings. The zero-order valence-corrected chi connectivity index (χ0v) is 75.6. The lowest BCUT2D eigenvalue weighted by Gasteiger charge is -2.38. The molecule has 0 aliphatic carbocycles. The number of carbonyl (C=O) groups is 18. The molecule has 44 heteroatoms. The Bertz CT molecular complexity index is 5330. The van der Waals surface area contributed by atoms with E-state index in [9.17, 15) is 73.1 Å². The van der Waals surface area contributed by atoms with Crippen molar-refractivity contribution < 1.29 is 125 Å². The maximum atomic E-state index is 15.7. The second-order valence-electron chi connectivity index (χ2n) is 33.8. The number of para-hydroxylation sites is 1. The van der Waals surface area contributed by atoms with Crippen LogP contribution < -0.4 is 59.3 Å². The van der Waals surface area contributed by atoms with Crippen molar-refractivity contribution in [3.63, 3.8) is 0 Å². The van der Waals surface area contributed by atoms with Gasteiger partial charge in [-0.05, 0) is 76.9 Å². The molecule has 1 aromatic heterocycles. The van der Waals surface area contributed by atoms with E-state index in [-0.39, 0.29) is 37.0 Å². The van der Waals surface area contributed by atoms with E-state index in [1.807, 2.05) is 0 Å². The van der Waals surface area contributed by atoms with Crippen LogP contribution in [0.3, 0.4) is 0 Å². The lowest BCUT2D eigenvalue weighted by molar-refractivity contribution is -0.152. The van der Waals surface area contributed by atoms with Crippen LogP contribution in [0, 0.1) is 23.4 Å². The lowest BCUT2D eigenvalue weighted by Crippen LogP contribution is -2.62. The number of hydrogen-bond acceptors (Lipinski definition) is 22. The second-order valence-corrected chi connectivity index (χ2v) is 34.9. The number of carboxylic acid groups (broad SMARTS) is 2. The van der Waals surface area contributed by atoms with Crippen LogP contribution in [-0.4, -0.2) is 305 Å². The number of carboxylic acids is 2. The number of aromatic nitrogens is 1. The minimum Gasteiger partial charge on any atom is -0.508 e. The van der Waals surface area contributed by atoms with E-state index in [1.165, 1.54) is 58.4 Å². The van der Waals surface area contributed by atoms with Gasteiger partial charge in [-0.1, -0.05) is 125 Å². The number of carbonyl (C=O) groups excluding carboxylic acids is 16. The Kier molecular flexibility index (Phi) is 37.7. The zero-order valence-electron chi connectivity index (χ0n) is 74.8. The number of amides is 16. The van der Waals surface area contributed by atoms with Crippen LogP contribution in [-0.2, 0) is 118 Å². The molecule has 0 saturated carbocycles. The number of primary amides is 2. The van der Waals surface area contributed by atoms with Crippen molar-refractivity contribution in [3.8, 4) is 5.75 Å². The number of hydrogen-bond donors (Lipinski definition) is 17. The second kappa shape index (κ2) is 48.6. The van der Waals surface area contributed by atoms with Crippen molar-refractivity contribution in [2.75, 3.05) is 52.3 Å². The van der Waals surface area contributed by atoms with Crippen LogP contribution in [0.15, 0.2) is 128 Å². The van der Waals surface area contributed by atoms with E-state index < -0.39 is 315 Å². The molecule has 5 aromatic carbocycles. The number of H-pyrrole nitrogens is 1. The summed E-state index contributed by atoms with van der Waals surface area (Å²) < 4.78 is 45.0. The average Bonchev–Trinajstić information content (AvgIpc) is 1.68. The van der Waals surface area contributed by atoms with Crippen LogP contribution in [0.2, 0.25) is 0 Å². The molecule has 3 fully saturated rings. The molecule has 0 radical (unpaired) electrons. The largest absolute Gasteiger partial charge is 0.508 e. The highest BCUT2D eigenvalue weighted by Crippen LogP contribution is 2.29. The van der Waals surface area contributed by atoms with Gasteiger partial charge in [0.2, 0.25) is 94.5 Å². The molecule has 19 N–H and O–H groups in total. The van der Waals surface area contributed by atoms with Crippen molar-refractivity contribution in [2.45, 2.75) is 201 Å². The smallest absolute Gasteiger partial charge is 0.305 e. The molecular weight excluding hydrogens is 1790 g/mol. The number of fused-ring (bicyclic) bond motifs is 3. The predicted octanol–water partition coefficient (Wildman–Crippen LogP) is -1.50. The number of nitrogens with one attached hydrogen (secondary N) is 10. The predicted molar refractivity (Wildman–Crippen MR) is 478 cm³/mol. The molecular formula is C91H112F3N17O23S. The number of aliphatic hydroxyl groups is 2. The Morgan fingerprint density at radius 1 is 0.496 bits per heavy atom. The van der Waals surface area contributed by atoms with Gasteiger partial charge in [-0.2, -0.15) is 0 Å². The molecule has 726 valence electrons. The summed E-state index contributed by atoms with van der Waals surface area (Å²) in [7, 11) is 3.49. The van der Waals surface area contributed by atoms with E-state index in [1.54, 1.807) is 91.9 Å². The molecule has 3 saturated heterocycles. The number of rotatable bonds is 24. The number of aromatic amines is 1. The van der Waals surface area contributed by atoms with Crippen LogP contribution in [0.4, 0.5) is 13.2 Å². The van der Waals surface area contributed by atoms with Crippen molar-refractivity contribution in [3.05, 3.63) is 173 Å². The SMILES string of the molecule is CCCC[C@H]1C(=O)N2C[C@H](O)C[C@@H]2C(=O)N[C@@H](CC(=O)O)C(=O)N[C@@H](C(C)C)C(=O)N(C)[C@@H](Cc2ccccc2)C(=O)N[C@@H](CCC(N)=O)C(=O)N2C[C@H](O)C[C@H]2C(=O)N[C@@H](Cc2c[nH]c3ccccc23)C(=O)N[C@@H](Cc2ccc(O)cc2)C(=O)N[C@@H](CC(=O)O)C(=O)N[C@H](C(=O)NCC(N)=O)CSCC(=O)N[C@@H](Cc2cc(F)c(F)c(F)c2)C(=O)N(C)[C@@H](Cc2ccccc2)C(=O)N1C. The Morgan fingerprint density at radius 3 is 1.53 bits per heavy atom. The monoisotopic (exact) mass is 1900 g/mol. The fourth-order valence-corrected chi connectivity index (χ4v) is 17.0. The summed E-state index contributed by atoms with van der Waals surface area (Å²) in [6.45, 7) is 2.58. The molecule has 0 unspecified atom stereocenters. The summed E-state index contributed by atoms with van der Waals surface area (Å²) in [4.78, 5) is 270. The molecule has 0 bridgehead atoms. The third-order valence-electron chi connectivity index (χ3n) is 23.4. The summed E-state index contributed by atoms with van der Waals surface area (Å²) in [6.07, 6.45) is -8.38. The van der Waals surface area contributed by atoms with Crippen LogP contribution in [0.5, 0.6) is 5.75 Å². The quantitative estimate of drug-likeness (QED) is 0.0307. The molecule has 40 nitrogen and oxygen atoms in total. The maximum absolute atomic E-state index is 15.7. The van der Waals surface area contributed by atoms with Gasteiger partial charge in [-0.15, -0.1) is 11.8 Å². The number of benzene rings is 5. The highest BCUT2D eigenvalue weighted by molar-refractivity contribution is 8.00. The number of unbranched alkanes of at least 4 members (excludes halogenated alkanes) is 1. The third-order valence-corrected chi connectivity index (χ3v) is 24.5. The van der Waals surface area contributed by atoms with Gasteiger partial charge in [-0.3, -0.25) is 86.3 Å². The Labute approximate surface area is 777 Å². The first-order valence-corrected chi connectivity index (χ1v) is 44.8. The normalized spacial score (nSPS) is 24.4. The van der Waals surface area contributed by atoms with Crippen LogP contribution >= 0.6 is 11.8 Å². The summed E-state index contributed by atoms with van der Waals surface area (Å²) in [5.74, 6) is -29.8. The number of nitrogens with zero attached hydrogens (tertiary/aromatic N) is 5. The first-order chi connectivity index (χ1) is 64.0. The summed E-state index contributed by atoms with van der Waals surface area (Å²) in [5, 5.41) is 76.4. The average molecular weight is 1900 g/mol. The minimum atomic E-state index is -2.21. The van der Waals surface area contributed by atoms with Gasteiger partial charge in [0.05, 0.1) is 37.3 Å². The maximum Gasteiger partial charge on any atom is 0.305 e. The molecule has 9 rings (SSSR count). The number of likely N-dealkylation sites (N-methyl/N-ethyl adjacent to an activating group) is 3. The zero-order chi connectivity index (χ0) is 98.9. The van der Waals surface area contributed by atoms with Gasteiger partial charge in [0.1, 0.15) is 84.3 Å². The van der Waals surface area contributed by atoms with Crippen molar-refractivity contribution in [1.82, 2.24) is 77.3 Å². The topological polar surface area (TPSA) is 601 Å². The molecule has 135 heavy (non-hydrogen) atoms. The summed E-state index contributed by atoms with van der Waals surface area (Å²) in [6, 6.07) is 4.98. The van der Waals surface area contributed by atoms with E-state index in [0.717, 1.165) is 31.5 Å². The Morgan fingerprint density at radius 2 is 0.978 bits per heavy atom. The van der Waals surface area contributed by atoms with Gasteiger partial charge in [-0.25, -0.2) is 13.2 Å². The number of aromatic hydroxyl groups is 1. The lowest BCUT2D eigenvalue weighted by atomic mass is 9.98. The Hall–Kier alpha value is -14.0. The molecule has 16 amide bonds. The van der Waals surface area contributed by atoms with Gasteiger partial charge in [0.15, 0.2) is 17.5 Å². The number of aliphatic carboxylic acids is 2.